The molecule has 1 aliphatic carbocycles. The molecule has 0 radical (unpaired) electrons. The molecule has 1 fully saturated rings. The number of aromatic nitrogens is 3. The monoisotopic (exact) mass is 499 g/mol. The number of aliphatic hydroxyl groups excluding tert-OH is 2. The topological polar surface area (TPSA) is 123 Å². The second-order valence-corrected chi connectivity index (χ2v) is 9.34. The third-order valence-electron chi connectivity index (χ3n) is 6.49. The summed E-state index contributed by atoms with van der Waals surface area (Å²) in [6.45, 7) is 0. The summed E-state index contributed by atoms with van der Waals surface area (Å²) in [7, 11) is 0. The summed E-state index contributed by atoms with van der Waals surface area (Å²) in [6, 6.07) is 10.4. The Labute approximate surface area is 192 Å². The van der Waals surface area contributed by atoms with Gasteiger partial charge in [-0.1, -0.05) is 12.1 Å². The molecular weight excluding hydrogens is 477 g/mol. The number of nitrogens with two attached hydrogens (primary N) is 2. The van der Waals surface area contributed by atoms with Crippen LogP contribution in [0.1, 0.15) is 24.4 Å². The van der Waals surface area contributed by atoms with Crippen LogP contribution in [-0.2, 0) is 6.42 Å². The zero-order valence-electron chi connectivity index (χ0n) is 17.1. The summed E-state index contributed by atoms with van der Waals surface area (Å²) < 4.78 is 18.3. The standard InChI is InChI=1S/C23H23BrFN5O2/c24-15-10-13-2-1-12(9-17(13)29-21(15)27)3-6-23(25)11-18(19(31)20(23)32)30-8-5-14-16(26)4-7-28-22(14)30/h1-2,4-5,7-10,18-20,31-32H,3,6,11H2,(H2,26,28)(H2,27,29)/t18-,19+,20+,23-/m1/s1. The molecule has 166 valence electrons. The van der Waals surface area contributed by atoms with Gasteiger partial charge in [-0.05, 0) is 58.6 Å². The van der Waals surface area contributed by atoms with Gasteiger partial charge in [-0.25, -0.2) is 14.4 Å². The van der Waals surface area contributed by atoms with Crippen molar-refractivity contribution in [3.8, 4) is 0 Å². The molecule has 32 heavy (non-hydrogen) atoms. The van der Waals surface area contributed by atoms with Gasteiger partial charge in [-0.15, -0.1) is 0 Å². The van der Waals surface area contributed by atoms with Crippen LogP contribution in [0, 0.1) is 0 Å². The van der Waals surface area contributed by atoms with Gasteiger partial charge in [0.2, 0.25) is 0 Å². The number of halogens is 2. The maximum absolute atomic E-state index is 15.9. The molecule has 9 heteroatoms. The summed E-state index contributed by atoms with van der Waals surface area (Å²) >= 11 is 3.37. The third kappa shape index (κ3) is 3.41. The molecule has 0 unspecified atom stereocenters. The van der Waals surface area contributed by atoms with E-state index in [1.54, 1.807) is 29.1 Å². The van der Waals surface area contributed by atoms with Crippen LogP contribution in [0.15, 0.2) is 53.3 Å². The Morgan fingerprint density at radius 2 is 2.00 bits per heavy atom. The second-order valence-electron chi connectivity index (χ2n) is 8.48. The molecule has 0 spiro atoms. The molecule has 7 nitrogen and oxygen atoms in total. The molecule has 4 aromatic rings. The van der Waals surface area contributed by atoms with Crippen molar-refractivity contribution in [2.75, 3.05) is 11.5 Å². The van der Waals surface area contributed by atoms with E-state index in [4.69, 9.17) is 11.5 Å². The van der Waals surface area contributed by atoms with Gasteiger partial charge >= 0.3 is 0 Å². The fraction of sp³-hybridized carbons (Fsp3) is 0.304. The lowest BCUT2D eigenvalue weighted by Crippen LogP contribution is -2.39. The number of rotatable bonds is 4. The third-order valence-corrected chi connectivity index (χ3v) is 7.13. The summed E-state index contributed by atoms with van der Waals surface area (Å²) in [5.41, 5.74) is 12.7. The lowest BCUT2D eigenvalue weighted by molar-refractivity contribution is -0.0465. The van der Waals surface area contributed by atoms with Gasteiger partial charge in [-0.2, -0.15) is 0 Å². The van der Waals surface area contributed by atoms with Crippen molar-refractivity contribution in [2.45, 2.75) is 43.2 Å². The van der Waals surface area contributed by atoms with Crippen LogP contribution in [0.5, 0.6) is 0 Å². The number of benzene rings is 1. The predicted molar refractivity (Wildman–Crippen MR) is 126 cm³/mol. The average Bonchev–Trinajstić information content (AvgIpc) is 3.29. The van der Waals surface area contributed by atoms with Gasteiger partial charge in [0.25, 0.3) is 0 Å². The van der Waals surface area contributed by atoms with E-state index in [0.29, 0.717) is 23.6 Å². The van der Waals surface area contributed by atoms with Crippen LogP contribution in [0.2, 0.25) is 0 Å². The molecule has 0 aliphatic heterocycles. The molecule has 3 aromatic heterocycles. The summed E-state index contributed by atoms with van der Waals surface area (Å²) in [6.07, 6.45) is 0.976. The van der Waals surface area contributed by atoms with Crippen LogP contribution in [-0.4, -0.2) is 42.6 Å². The van der Waals surface area contributed by atoms with E-state index in [1.807, 2.05) is 24.3 Å². The van der Waals surface area contributed by atoms with E-state index >= 15 is 4.39 Å². The maximum Gasteiger partial charge on any atom is 0.142 e. The van der Waals surface area contributed by atoms with Crippen LogP contribution >= 0.6 is 15.9 Å². The highest BCUT2D eigenvalue weighted by molar-refractivity contribution is 9.10. The van der Waals surface area contributed by atoms with E-state index in [9.17, 15) is 10.2 Å². The van der Waals surface area contributed by atoms with Crippen molar-refractivity contribution in [2.24, 2.45) is 0 Å². The first-order valence-electron chi connectivity index (χ1n) is 10.4. The number of alkyl halides is 1. The number of aryl methyl sites for hydroxylation is 1. The lowest BCUT2D eigenvalue weighted by Gasteiger charge is -2.24. The second kappa shape index (κ2) is 7.68. The highest BCUT2D eigenvalue weighted by atomic mass is 79.9. The maximum atomic E-state index is 15.9. The molecule has 1 saturated carbocycles. The highest BCUT2D eigenvalue weighted by Crippen LogP contribution is 2.45. The first-order valence-corrected chi connectivity index (χ1v) is 11.2. The highest BCUT2D eigenvalue weighted by Gasteiger charge is 2.53. The van der Waals surface area contributed by atoms with Crippen LogP contribution in [0.25, 0.3) is 21.9 Å². The average molecular weight is 500 g/mol. The Morgan fingerprint density at radius 1 is 1.19 bits per heavy atom. The van der Waals surface area contributed by atoms with Crippen LogP contribution < -0.4 is 11.5 Å². The number of anilines is 2. The Bertz CT molecular complexity index is 1330. The van der Waals surface area contributed by atoms with E-state index in [0.717, 1.165) is 26.3 Å². The fourth-order valence-corrected chi connectivity index (χ4v) is 5.01. The molecule has 0 bridgehead atoms. The molecule has 0 amide bonds. The van der Waals surface area contributed by atoms with Crippen LogP contribution in [0.3, 0.4) is 0 Å². The SMILES string of the molecule is Nc1nc2cc(CC[C@@]3(F)C[C@@H](n4ccc5c(N)ccnc54)[C@H](O)[C@@H]3O)ccc2cc1Br. The first-order chi connectivity index (χ1) is 15.3. The number of pyridine rings is 2. The normalized spacial score (nSPS) is 25.7. The minimum atomic E-state index is -1.94. The van der Waals surface area contributed by atoms with Gasteiger partial charge < -0.3 is 26.2 Å². The molecule has 1 aromatic carbocycles. The van der Waals surface area contributed by atoms with Crippen molar-refractivity contribution < 1.29 is 14.6 Å². The Morgan fingerprint density at radius 3 is 2.81 bits per heavy atom. The minimum Gasteiger partial charge on any atom is -0.398 e. The molecule has 1 aliphatic rings. The molecule has 6 N–H and O–H groups in total. The van der Waals surface area contributed by atoms with Crippen molar-refractivity contribution in [3.05, 3.63) is 58.8 Å². The number of aliphatic hydroxyl groups is 2. The number of nitrogens with zero attached hydrogens (tertiary/aromatic N) is 3. The Kier molecular flexibility index (Phi) is 5.07. The Hall–Kier alpha value is -2.75. The molecule has 0 saturated heterocycles. The van der Waals surface area contributed by atoms with Crippen molar-refractivity contribution in [1.82, 2.24) is 14.5 Å². The quantitative estimate of drug-likeness (QED) is 0.340. The van der Waals surface area contributed by atoms with Crippen molar-refractivity contribution in [3.63, 3.8) is 0 Å². The fourth-order valence-electron chi connectivity index (χ4n) is 4.67. The van der Waals surface area contributed by atoms with Gasteiger partial charge in [-0.3, -0.25) is 0 Å². The van der Waals surface area contributed by atoms with Crippen LogP contribution in [0.4, 0.5) is 15.9 Å². The summed E-state index contributed by atoms with van der Waals surface area (Å²) in [4.78, 5) is 8.71. The number of hydrogen-bond acceptors (Lipinski definition) is 6. The van der Waals surface area contributed by atoms with E-state index in [2.05, 4.69) is 25.9 Å². The number of nitrogen functional groups attached to an aromatic ring is 2. The van der Waals surface area contributed by atoms with Gasteiger partial charge in [0.05, 0.1) is 16.0 Å². The van der Waals surface area contributed by atoms with Crippen molar-refractivity contribution in [1.29, 1.82) is 0 Å². The molecular formula is C23H23BrFN5O2. The smallest absolute Gasteiger partial charge is 0.142 e. The number of fused-ring (bicyclic) bond motifs is 2. The van der Waals surface area contributed by atoms with E-state index < -0.39 is 23.9 Å². The van der Waals surface area contributed by atoms with Gasteiger partial charge in [0, 0.05) is 35.3 Å². The molecule has 3 heterocycles. The molecule has 5 rings (SSSR count). The summed E-state index contributed by atoms with van der Waals surface area (Å²) in [5.74, 6) is 0.391. The molecule has 4 atom stereocenters. The van der Waals surface area contributed by atoms with E-state index in [-0.39, 0.29) is 12.8 Å². The zero-order valence-corrected chi connectivity index (χ0v) is 18.7. The Balaban J connectivity index is 1.38. The zero-order chi connectivity index (χ0) is 22.6. The number of hydrogen-bond donors (Lipinski definition) is 4. The van der Waals surface area contributed by atoms with Gasteiger partial charge in [0.15, 0.2) is 0 Å². The lowest BCUT2D eigenvalue weighted by atomic mass is 9.92. The summed E-state index contributed by atoms with van der Waals surface area (Å²) in [5, 5.41) is 23.0. The minimum absolute atomic E-state index is 0.0265. The van der Waals surface area contributed by atoms with Gasteiger partial charge in [0.1, 0.15) is 29.3 Å². The first kappa shape index (κ1) is 21.1. The van der Waals surface area contributed by atoms with E-state index in [1.165, 1.54) is 0 Å². The van der Waals surface area contributed by atoms with Crippen molar-refractivity contribution >= 4 is 49.4 Å². The largest absolute Gasteiger partial charge is 0.398 e. The predicted octanol–water partition coefficient (Wildman–Crippen LogP) is 3.52.